The predicted molar refractivity (Wildman–Crippen MR) is 125 cm³/mol. The largest absolute Gasteiger partial charge is 0.493 e. The molecule has 7 nitrogen and oxygen atoms in total. The van der Waals surface area contributed by atoms with E-state index in [4.69, 9.17) is 19.2 Å². The summed E-state index contributed by atoms with van der Waals surface area (Å²) in [5.41, 5.74) is 1.96. The number of aliphatic imine (C=N–C) groups is 1. The molecule has 0 bridgehead atoms. The zero-order chi connectivity index (χ0) is 19.8. The van der Waals surface area contributed by atoms with E-state index in [0.29, 0.717) is 30.3 Å². The van der Waals surface area contributed by atoms with E-state index in [1.165, 1.54) is 0 Å². The van der Waals surface area contributed by atoms with Gasteiger partial charge in [-0.1, -0.05) is 0 Å². The number of rotatable bonds is 8. The molecule has 0 unspecified atom stereocenters. The Balaban J connectivity index is 0.00000392. The van der Waals surface area contributed by atoms with Gasteiger partial charge in [0.15, 0.2) is 17.5 Å². The first-order valence-electron chi connectivity index (χ1n) is 8.72. The van der Waals surface area contributed by atoms with Gasteiger partial charge < -0.3 is 24.4 Å². The summed E-state index contributed by atoms with van der Waals surface area (Å²) in [6.45, 7) is 5.98. The second-order valence-electron chi connectivity index (χ2n) is 5.88. The summed E-state index contributed by atoms with van der Waals surface area (Å²) in [5.74, 6) is 2.64. The summed E-state index contributed by atoms with van der Waals surface area (Å²) in [4.78, 5) is 11.3. The number of benzene rings is 1. The van der Waals surface area contributed by atoms with Crippen LogP contribution >= 0.6 is 35.3 Å². The second-order valence-corrected chi connectivity index (χ2v) is 6.94. The van der Waals surface area contributed by atoms with Crippen molar-refractivity contribution in [3.05, 3.63) is 33.8 Å². The van der Waals surface area contributed by atoms with Crippen LogP contribution in [-0.4, -0.2) is 50.8 Å². The lowest BCUT2D eigenvalue weighted by Crippen LogP contribution is -2.38. The Morgan fingerprint density at radius 2 is 1.89 bits per heavy atom. The number of nitrogens with one attached hydrogen (secondary N) is 1. The summed E-state index contributed by atoms with van der Waals surface area (Å²) in [6.07, 6.45) is 0. The number of hydrogen-bond donors (Lipinski definition) is 1. The van der Waals surface area contributed by atoms with Gasteiger partial charge in [0, 0.05) is 24.5 Å². The number of guanidine groups is 1. The third-order valence-electron chi connectivity index (χ3n) is 3.95. The van der Waals surface area contributed by atoms with E-state index < -0.39 is 0 Å². The van der Waals surface area contributed by atoms with Gasteiger partial charge in [-0.2, -0.15) is 0 Å². The van der Waals surface area contributed by atoms with E-state index in [2.05, 4.69) is 20.6 Å². The third kappa shape index (κ3) is 6.13. The fraction of sp³-hybridized carbons (Fsp3) is 0.474. The van der Waals surface area contributed by atoms with E-state index in [-0.39, 0.29) is 24.0 Å². The Labute approximate surface area is 188 Å². The first-order valence-corrected chi connectivity index (χ1v) is 9.60. The molecule has 28 heavy (non-hydrogen) atoms. The Bertz CT molecular complexity index is 783. The van der Waals surface area contributed by atoms with Crippen LogP contribution in [0.4, 0.5) is 0 Å². The minimum Gasteiger partial charge on any atom is -0.493 e. The Hall–Kier alpha value is -1.75. The number of thiazole rings is 1. The molecule has 0 radical (unpaired) electrons. The van der Waals surface area contributed by atoms with Gasteiger partial charge >= 0.3 is 0 Å². The molecule has 9 heteroatoms. The van der Waals surface area contributed by atoms with Gasteiger partial charge in [0.2, 0.25) is 5.75 Å². The van der Waals surface area contributed by atoms with Crippen LogP contribution in [0, 0.1) is 6.92 Å². The van der Waals surface area contributed by atoms with Gasteiger partial charge in [-0.3, -0.25) is 0 Å². The molecule has 1 aromatic carbocycles. The van der Waals surface area contributed by atoms with Gasteiger partial charge in [0.05, 0.1) is 45.1 Å². The van der Waals surface area contributed by atoms with Gasteiger partial charge in [0.1, 0.15) is 0 Å². The van der Waals surface area contributed by atoms with Crippen LogP contribution in [0.2, 0.25) is 0 Å². The van der Waals surface area contributed by atoms with Crippen molar-refractivity contribution in [2.75, 3.05) is 34.9 Å². The van der Waals surface area contributed by atoms with Crippen molar-refractivity contribution >= 4 is 41.3 Å². The van der Waals surface area contributed by atoms with Crippen LogP contribution in [0.15, 0.2) is 22.5 Å². The summed E-state index contributed by atoms with van der Waals surface area (Å²) >= 11 is 1.65. The van der Waals surface area contributed by atoms with Gasteiger partial charge in [-0.15, -0.1) is 35.3 Å². The Morgan fingerprint density at radius 3 is 2.43 bits per heavy atom. The molecule has 1 aromatic heterocycles. The zero-order valence-corrected chi connectivity index (χ0v) is 20.4. The normalized spacial score (nSPS) is 10.9. The molecule has 0 aliphatic rings. The molecule has 2 rings (SSSR count). The number of hydrogen-bond acceptors (Lipinski definition) is 6. The van der Waals surface area contributed by atoms with Crippen LogP contribution < -0.4 is 19.5 Å². The van der Waals surface area contributed by atoms with Crippen LogP contribution in [0.25, 0.3) is 0 Å². The quantitative estimate of drug-likeness (QED) is 0.326. The molecule has 0 aliphatic carbocycles. The van der Waals surface area contributed by atoms with E-state index in [1.807, 2.05) is 33.0 Å². The highest BCUT2D eigenvalue weighted by molar-refractivity contribution is 14.0. The SMILES string of the molecule is CCNC(=NCc1ccc(OC)c(OC)c1OC)N(C)Cc1csc(C)n1.I. The van der Waals surface area contributed by atoms with E-state index in [9.17, 15) is 0 Å². The standard InChI is InChI=1S/C19H28N4O3S.HI/c1-7-20-19(23(3)11-15-12-27-13(2)22-15)21-10-14-8-9-16(24-4)18(26-6)17(14)25-5;/h8-9,12H,7,10-11H2,1-6H3,(H,20,21);1H. The number of ether oxygens (including phenoxy) is 3. The van der Waals surface area contributed by atoms with Crippen molar-refractivity contribution < 1.29 is 14.2 Å². The minimum absolute atomic E-state index is 0. The van der Waals surface area contributed by atoms with Crippen molar-refractivity contribution in [1.29, 1.82) is 0 Å². The Kier molecular flexibility index (Phi) is 10.4. The molecule has 0 saturated heterocycles. The first-order chi connectivity index (χ1) is 13.0. The third-order valence-corrected chi connectivity index (χ3v) is 4.77. The maximum Gasteiger partial charge on any atom is 0.203 e. The maximum atomic E-state index is 5.54. The molecule has 0 atom stereocenters. The molecular formula is C19H29IN4O3S. The molecule has 0 amide bonds. The van der Waals surface area contributed by atoms with Gasteiger partial charge in [-0.25, -0.2) is 9.98 Å². The molecule has 0 spiro atoms. The minimum atomic E-state index is 0. The predicted octanol–water partition coefficient (Wildman–Crippen LogP) is 3.69. The zero-order valence-electron chi connectivity index (χ0n) is 17.2. The van der Waals surface area contributed by atoms with Crippen molar-refractivity contribution in [2.45, 2.75) is 26.9 Å². The molecule has 0 aliphatic heterocycles. The number of nitrogens with zero attached hydrogens (tertiary/aromatic N) is 3. The highest BCUT2D eigenvalue weighted by Gasteiger charge is 2.16. The molecule has 2 aromatic rings. The van der Waals surface area contributed by atoms with Crippen molar-refractivity contribution in [1.82, 2.24) is 15.2 Å². The number of halogens is 1. The molecule has 0 fully saturated rings. The van der Waals surface area contributed by atoms with Crippen molar-refractivity contribution in [3.63, 3.8) is 0 Å². The maximum absolute atomic E-state index is 5.54. The molecule has 1 N–H and O–H groups in total. The van der Waals surface area contributed by atoms with Crippen LogP contribution in [0.3, 0.4) is 0 Å². The van der Waals surface area contributed by atoms with Crippen LogP contribution in [0.1, 0.15) is 23.2 Å². The van der Waals surface area contributed by atoms with Gasteiger partial charge in [-0.05, 0) is 26.0 Å². The highest BCUT2D eigenvalue weighted by atomic mass is 127. The topological polar surface area (TPSA) is 68.2 Å². The lowest BCUT2D eigenvalue weighted by molar-refractivity contribution is 0.322. The number of methoxy groups -OCH3 is 3. The monoisotopic (exact) mass is 520 g/mol. The van der Waals surface area contributed by atoms with E-state index in [1.54, 1.807) is 32.7 Å². The number of aryl methyl sites for hydroxylation is 1. The molecule has 156 valence electrons. The smallest absolute Gasteiger partial charge is 0.203 e. The summed E-state index contributed by atoms with van der Waals surface area (Å²) in [7, 11) is 6.82. The van der Waals surface area contributed by atoms with Crippen molar-refractivity contribution in [2.24, 2.45) is 4.99 Å². The van der Waals surface area contributed by atoms with Crippen LogP contribution in [0.5, 0.6) is 17.2 Å². The second kappa shape index (κ2) is 11.9. The lowest BCUT2D eigenvalue weighted by atomic mass is 10.1. The Morgan fingerprint density at radius 1 is 1.18 bits per heavy atom. The summed E-state index contributed by atoms with van der Waals surface area (Å²) in [6, 6.07) is 3.80. The highest BCUT2D eigenvalue weighted by Crippen LogP contribution is 2.39. The molecule has 0 saturated carbocycles. The fourth-order valence-corrected chi connectivity index (χ4v) is 3.32. The fourth-order valence-electron chi connectivity index (χ4n) is 2.72. The van der Waals surface area contributed by atoms with E-state index >= 15 is 0 Å². The van der Waals surface area contributed by atoms with E-state index in [0.717, 1.165) is 28.8 Å². The first kappa shape index (κ1) is 24.3. The average Bonchev–Trinajstić information content (AvgIpc) is 3.08. The van der Waals surface area contributed by atoms with Gasteiger partial charge in [0.25, 0.3) is 0 Å². The average molecular weight is 520 g/mol. The summed E-state index contributed by atoms with van der Waals surface area (Å²) in [5, 5.41) is 6.46. The lowest BCUT2D eigenvalue weighted by Gasteiger charge is -2.21. The number of aromatic nitrogens is 1. The molecule has 1 heterocycles. The summed E-state index contributed by atoms with van der Waals surface area (Å²) < 4.78 is 16.3. The van der Waals surface area contributed by atoms with Crippen molar-refractivity contribution in [3.8, 4) is 17.2 Å². The van der Waals surface area contributed by atoms with Crippen LogP contribution in [-0.2, 0) is 13.1 Å². The molecular weight excluding hydrogens is 491 g/mol.